The molecule has 1 aromatic rings. The number of hydrogen-bond acceptors (Lipinski definition) is 3. The molecular weight excluding hydrogens is 174 g/mol. The lowest BCUT2D eigenvalue weighted by molar-refractivity contribution is 0.0697. The Morgan fingerprint density at radius 3 is 2.92 bits per heavy atom. The van der Waals surface area contributed by atoms with E-state index in [1.807, 2.05) is 12.3 Å². The Hall–Kier alpha value is -1.03. The molecule has 0 aliphatic carbocycles. The standard InChI is InChI=1S/C8H11NO2S/c1-3-9-7-6(8(10)11)5(2)4-12-7/h4,9H,3H2,1-2H3,(H,10,11). The smallest absolute Gasteiger partial charge is 0.338 e. The fraction of sp³-hybridized carbons (Fsp3) is 0.375. The Labute approximate surface area is 75.0 Å². The maximum absolute atomic E-state index is 10.7. The molecule has 0 atom stereocenters. The van der Waals surface area contributed by atoms with Gasteiger partial charge in [0.2, 0.25) is 0 Å². The van der Waals surface area contributed by atoms with Gasteiger partial charge in [0.15, 0.2) is 0 Å². The molecule has 1 heterocycles. The van der Waals surface area contributed by atoms with Crippen LogP contribution in [-0.4, -0.2) is 17.6 Å². The minimum Gasteiger partial charge on any atom is -0.478 e. The first kappa shape index (κ1) is 9.06. The number of aryl methyl sites for hydroxylation is 1. The zero-order chi connectivity index (χ0) is 9.14. The predicted octanol–water partition coefficient (Wildman–Crippen LogP) is 2.19. The number of nitrogens with one attached hydrogen (secondary N) is 1. The molecule has 0 aromatic carbocycles. The van der Waals surface area contributed by atoms with Crippen LogP contribution in [0, 0.1) is 6.92 Å². The van der Waals surface area contributed by atoms with Crippen LogP contribution in [0.3, 0.4) is 0 Å². The molecule has 66 valence electrons. The Balaban J connectivity index is 3.04. The van der Waals surface area contributed by atoms with Gasteiger partial charge in [0.05, 0.1) is 5.56 Å². The van der Waals surface area contributed by atoms with E-state index in [9.17, 15) is 4.79 Å². The molecule has 0 fully saturated rings. The lowest BCUT2D eigenvalue weighted by Crippen LogP contribution is -2.03. The fourth-order valence-electron chi connectivity index (χ4n) is 1.00. The molecule has 12 heavy (non-hydrogen) atoms. The van der Waals surface area contributed by atoms with Gasteiger partial charge in [0.1, 0.15) is 5.00 Å². The lowest BCUT2D eigenvalue weighted by Gasteiger charge is -2.00. The van der Waals surface area contributed by atoms with Gasteiger partial charge in [0, 0.05) is 6.54 Å². The average molecular weight is 185 g/mol. The van der Waals surface area contributed by atoms with E-state index in [-0.39, 0.29) is 0 Å². The summed E-state index contributed by atoms with van der Waals surface area (Å²) in [6.07, 6.45) is 0. The van der Waals surface area contributed by atoms with Crippen molar-refractivity contribution in [1.82, 2.24) is 0 Å². The van der Waals surface area contributed by atoms with Gasteiger partial charge in [-0.3, -0.25) is 0 Å². The van der Waals surface area contributed by atoms with Crippen molar-refractivity contribution in [2.24, 2.45) is 0 Å². The van der Waals surface area contributed by atoms with Crippen LogP contribution in [0.2, 0.25) is 0 Å². The summed E-state index contributed by atoms with van der Waals surface area (Å²) in [5, 5.41) is 14.4. The number of rotatable bonds is 3. The fourth-order valence-corrected chi connectivity index (χ4v) is 2.01. The van der Waals surface area contributed by atoms with Crippen LogP contribution in [0.1, 0.15) is 22.8 Å². The molecule has 0 spiro atoms. The van der Waals surface area contributed by atoms with E-state index < -0.39 is 5.97 Å². The summed E-state index contributed by atoms with van der Waals surface area (Å²) < 4.78 is 0. The highest BCUT2D eigenvalue weighted by atomic mass is 32.1. The molecule has 0 radical (unpaired) electrons. The zero-order valence-corrected chi connectivity index (χ0v) is 7.86. The number of carboxylic acid groups (broad SMARTS) is 1. The first-order valence-electron chi connectivity index (χ1n) is 3.72. The van der Waals surface area contributed by atoms with Crippen molar-refractivity contribution in [2.45, 2.75) is 13.8 Å². The quantitative estimate of drug-likeness (QED) is 0.758. The van der Waals surface area contributed by atoms with E-state index >= 15 is 0 Å². The number of carbonyl (C=O) groups is 1. The Bertz CT molecular complexity index is 293. The normalized spacial score (nSPS) is 9.83. The van der Waals surface area contributed by atoms with Crippen molar-refractivity contribution in [2.75, 3.05) is 11.9 Å². The molecule has 1 rings (SSSR count). The third-order valence-corrected chi connectivity index (χ3v) is 2.58. The predicted molar refractivity (Wildman–Crippen MR) is 50.2 cm³/mol. The first-order chi connectivity index (χ1) is 5.66. The second-order valence-corrected chi connectivity index (χ2v) is 3.34. The van der Waals surface area contributed by atoms with Crippen molar-refractivity contribution in [3.05, 3.63) is 16.5 Å². The summed E-state index contributed by atoms with van der Waals surface area (Å²) >= 11 is 1.44. The van der Waals surface area contributed by atoms with Crippen molar-refractivity contribution in [1.29, 1.82) is 0 Å². The van der Waals surface area contributed by atoms with E-state index in [0.29, 0.717) is 5.56 Å². The summed E-state index contributed by atoms with van der Waals surface area (Å²) in [4.78, 5) is 10.7. The molecular formula is C8H11NO2S. The van der Waals surface area contributed by atoms with Gasteiger partial charge >= 0.3 is 5.97 Å². The van der Waals surface area contributed by atoms with Crippen LogP contribution in [-0.2, 0) is 0 Å². The van der Waals surface area contributed by atoms with Crippen molar-refractivity contribution in [3.63, 3.8) is 0 Å². The van der Waals surface area contributed by atoms with Crippen LogP contribution in [0.15, 0.2) is 5.38 Å². The largest absolute Gasteiger partial charge is 0.478 e. The Kier molecular flexibility index (Phi) is 2.70. The highest BCUT2D eigenvalue weighted by Gasteiger charge is 2.14. The molecule has 0 bridgehead atoms. The van der Waals surface area contributed by atoms with Crippen molar-refractivity contribution in [3.8, 4) is 0 Å². The van der Waals surface area contributed by atoms with Gasteiger partial charge in [-0.05, 0) is 24.8 Å². The third kappa shape index (κ3) is 1.58. The Morgan fingerprint density at radius 1 is 1.75 bits per heavy atom. The van der Waals surface area contributed by atoms with Crippen LogP contribution in [0.4, 0.5) is 5.00 Å². The minimum atomic E-state index is -0.857. The average Bonchev–Trinajstić information content (AvgIpc) is 2.32. The summed E-state index contributed by atoms with van der Waals surface area (Å²) in [5.74, 6) is -0.857. The van der Waals surface area contributed by atoms with Gasteiger partial charge in [0.25, 0.3) is 0 Å². The van der Waals surface area contributed by atoms with Gasteiger partial charge in [-0.1, -0.05) is 0 Å². The lowest BCUT2D eigenvalue weighted by atomic mass is 10.2. The maximum Gasteiger partial charge on any atom is 0.338 e. The monoisotopic (exact) mass is 185 g/mol. The zero-order valence-electron chi connectivity index (χ0n) is 7.05. The molecule has 0 amide bonds. The van der Waals surface area contributed by atoms with Gasteiger partial charge in [-0.25, -0.2) is 4.79 Å². The Morgan fingerprint density at radius 2 is 2.42 bits per heavy atom. The molecule has 1 aromatic heterocycles. The third-order valence-electron chi connectivity index (χ3n) is 1.53. The van der Waals surface area contributed by atoms with Gasteiger partial charge in [-0.15, -0.1) is 11.3 Å². The number of aromatic carboxylic acids is 1. The second kappa shape index (κ2) is 3.58. The van der Waals surface area contributed by atoms with Gasteiger partial charge < -0.3 is 10.4 Å². The van der Waals surface area contributed by atoms with Crippen LogP contribution in [0.5, 0.6) is 0 Å². The summed E-state index contributed by atoms with van der Waals surface area (Å²) in [6, 6.07) is 0. The van der Waals surface area contributed by atoms with Gasteiger partial charge in [-0.2, -0.15) is 0 Å². The molecule has 3 nitrogen and oxygen atoms in total. The van der Waals surface area contributed by atoms with Crippen LogP contribution in [0.25, 0.3) is 0 Å². The van der Waals surface area contributed by atoms with E-state index in [1.54, 1.807) is 6.92 Å². The number of hydrogen-bond donors (Lipinski definition) is 2. The van der Waals surface area contributed by atoms with Crippen molar-refractivity contribution >= 4 is 22.3 Å². The maximum atomic E-state index is 10.7. The SMILES string of the molecule is CCNc1scc(C)c1C(=O)O. The minimum absolute atomic E-state index is 0.404. The molecule has 0 unspecified atom stereocenters. The molecule has 0 saturated heterocycles. The van der Waals surface area contributed by atoms with E-state index in [2.05, 4.69) is 5.32 Å². The van der Waals surface area contributed by atoms with E-state index in [1.165, 1.54) is 11.3 Å². The second-order valence-electron chi connectivity index (χ2n) is 2.46. The summed E-state index contributed by atoms with van der Waals surface area (Å²) in [6.45, 7) is 4.50. The molecule has 0 aliphatic rings. The number of thiophene rings is 1. The molecule has 4 heteroatoms. The van der Waals surface area contributed by atoms with Crippen LogP contribution < -0.4 is 5.32 Å². The van der Waals surface area contributed by atoms with Crippen LogP contribution >= 0.6 is 11.3 Å². The summed E-state index contributed by atoms with van der Waals surface area (Å²) in [5.41, 5.74) is 1.23. The van der Waals surface area contributed by atoms with E-state index in [4.69, 9.17) is 5.11 Å². The number of carboxylic acids is 1. The highest BCUT2D eigenvalue weighted by molar-refractivity contribution is 7.14. The summed E-state index contributed by atoms with van der Waals surface area (Å²) in [7, 11) is 0. The van der Waals surface area contributed by atoms with E-state index in [0.717, 1.165) is 17.1 Å². The molecule has 2 N–H and O–H groups in total. The molecule has 0 saturated carbocycles. The topological polar surface area (TPSA) is 49.3 Å². The highest BCUT2D eigenvalue weighted by Crippen LogP contribution is 2.27. The first-order valence-corrected chi connectivity index (χ1v) is 4.60. The van der Waals surface area contributed by atoms with Crippen molar-refractivity contribution < 1.29 is 9.90 Å². The number of anilines is 1. The molecule has 0 aliphatic heterocycles.